The Kier molecular flexibility index (Phi) is 3.76. The number of hydrogen-bond acceptors (Lipinski definition) is 5. The fourth-order valence-corrected chi connectivity index (χ4v) is 2.81. The van der Waals surface area contributed by atoms with E-state index in [4.69, 9.17) is 5.11 Å². The van der Waals surface area contributed by atoms with Gasteiger partial charge in [-0.05, 0) is 36.4 Å². The van der Waals surface area contributed by atoms with Crippen LogP contribution in [0, 0.1) is 15.9 Å². The number of nitro groups is 1. The number of aromatic hydroxyl groups is 1. The molecule has 0 saturated carbocycles. The van der Waals surface area contributed by atoms with Crippen molar-refractivity contribution in [3.05, 3.63) is 58.4 Å². The predicted molar refractivity (Wildman–Crippen MR) is 72.0 cm³/mol. The van der Waals surface area contributed by atoms with Crippen molar-refractivity contribution in [1.82, 2.24) is 0 Å². The summed E-state index contributed by atoms with van der Waals surface area (Å²) in [5.74, 6) is -0.976. The number of nitrogens with one attached hydrogen (secondary N) is 1. The topological polar surface area (TPSA) is 110 Å². The van der Waals surface area contributed by atoms with Crippen LogP contribution in [0.3, 0.4) is 0 Å². The van der Waals surface area contributed by atoms with Crippen LogP contribution in [0.5, 0.6) is 5.75 Å². The van der Waals surface area contributed by atoms with E-state index in [-0.39, 0.29) is 11.4 Å². The number of rotatable bonds is 4. The fraction of sp³-hybridized carbons (Fsp3) is 0. The van der Waals surface area contributed by atoms with Crippen LogP contribution in [0.25, 0.3) is 0 Å². The third-order valence-corrected chi connectivity index (χ3v) is 3.96. The summed E-state index contributed by atoms with van der Waals surface area (Å²) in [6.45, 7) is 0. The van der Waals surface area contributed by atoms with Gasteiger partial charge in [-0.1, -0.05) is 0 Å². The molecule has 0 saturated heterocycles. The second-order valence-corrected chi connectivity index (χ2v) is 5.67. The summed E-state index contributed by atoms with van der Waals surface area (Å²) in [4.78, 5) is 9.20. The standard InChI is InChI=1S/C12H9FN2O5S/c13-8-1-6-12(11(7-8)15(17)18)21(19,20)14-9-2-4-10(16)5-3-9/h1-7,14,16H. The van der Waals surface area contributed by atoms with E-state index in [9.17, 15) is 22.9 Å². The highest BCUT2D eigenvalue weighted by molar-refractivity contribution is 7.92. The van der Waals surface area contributed by atoms with E-state index in [0.29, 0.717) is 6.07 Å². The van der Waals surface area contributed by atoms with Crippen LogP contribution in [0.4, 0.5) is 15.8 Å². The maximum atomic E-state index is 13.0. The first-order chi connectivity index (χ1) is 9.79. The van der Waals surface area contributed by atoms with Crippen LogP contribution in [-0.4, -0.2) is 18.4 Å². The molecule has 7 nitrogen and oxygen atoms in total. The molecule has 0 atom stereocenters. The number of nitrogens with zero attached hydrogens (tertiary/aromatic N) is 1. The van der Waals surface area contributed by atoms with Crippen molar-refractivity contribution in [2.24, 2.45) is 0 Å². The molecule has 2 N–H and O–H groups in total. The van der Waals surface area contributed by atoms with Crippen molar-refractivity contribution in [3.63, 3.8) is 0 Å². The van der Waals surface area contributed by atoms with Gasteiger partial charge in [-0.3, -0.25) is 14.8 Å². The Morgan fingerprint density at radius 3 is 2.33 bits per heavy atom. The first kappa shape index (κ1) is 14.7. The maximum absolute atomic E-state index is 13.0. The molecule has 0 radical (unpaired) electrons. The molecule has 0 heterocycles. The molecule has 0 aromatic heterocycles. The van der Waals surface area contributed by atoms with Crippen LogP contribution in [0.2, 0.25) is 0 Å². The number of phenols is 1. The average molecular weight is 312 g/mol. The molecule has 0 bridgehead atoms. The van der Waals surface area contributed by atoms with E-state index in [2.05, 4.69) is 4.72 Å². The Hall–Kier alpha value is -2.68. The van der Waals surface area contributed by atoms with Crippen LogP contribution >= 0.6 is 0 Å². The van der Waals surface area contributed by atoms with Crippen molar-refractivity contribution in [2.45, 2.75) is 4.90 Å². The van der Waals surface area contributed by atoms with Crippen molar-refractivity contribution in [2.75, 3.05) is 4.72 Å². The number of phenolic OH excluding ortho intramolecular Hbond substituents is 1. The molecule has 110 valence electrons. The number of anilines is 1. The Bertz CT molecular complexity index is 790. The zero-order chi connectivity index (χ0) is 15.6. The Labute approximate surface area is 118 Å². The van der Waals surface area contributed by atoms with Gasteiger partial charge in [0.15, 0.2) is 4.90 Å². The third-order valence-electron chi connectivity index (χ3n) is 2.53. The molecule has 0 spiro atoms. The number of hydrogen-bond donors (Lipinski definition) is 2. The minimum Gasteiger partial charge on any atom is -0.508 e. The van der Waals surface area contributed by atoms with Gasteiger partial charge in [0.2, 0.25) is 0 Å². The molecule has 0 unspecified atom stereocenters. The second-order valence-electron chi connectivity index (χ2n) is 4.02. The van der Waals surface area contributed by atoms with Gasteiger partial charge in [0.05, 0.1) is 11.0 Å². The molecular weight excluding hydrogens is 303 g/mol. The van der Waals surface area contributed by atoms with Gasteiger partial charge in [0.1, 0.15) is 11.6 Å². The molecule has 21 heavy (non-hydrogen) atoms. The molecule has 2 rings (SSSR count). The van der Waals surface area contributed by atoms with Gasteiger partial charge < -0.3 is 5.11 Å². The van der Waals surface area contributed by atoms with E-state index >= 15 is 0 Å². The van der Waals surface area contributed by atoms with Crippen LogP contribution in [0.15, 0.2) is 47.4 Å². The first-order valence-electron chi connectivity index (χ1n) is 5.55. The summed E-state index contributed by atoms with van der Waals surface area (Å²) in [5.41, 5.74) is -0.757. The lowest BCUT2D eigenvalue weighted by Gasteiger charge is -2.08. The van der Waals surface area contributed by atoms with E-state index in [0.717, 1.165) is 12.1 Å². The molecular formula is C12H9FN2O5S. The van der Waals surface area contributed by atoms with Gasteiger partial charge in [-0.2, -0.15) is 0 Å². The largest absolute Gasteiger partial charge is 0.508 e. The zero-order valence-corrected chi connectivity index (χ0v) is 11.2. The molecule has 9 heteroatoms. The molecule has 0 aliphatic carbocycles. The van der Waals surface area contributed by atoms with Gasteiger partial charge in [0, 0.05) is 5.69 Å². The maximum Gasteiger partial charge on any atom is 0.292 e. The minimum atomic E-state index is -4.26. The minimum absolute atomic E-state index is 0.0642. The predicted octanol–water partition coefficient (Wildman–Crippen LogP) is 2.24. The number of nitro benzene ring substituents is 1. The van der Waals surface area contributed by atoms with Crippen molar-refractivity contribution in [3.8, 4) is 5.75 Å². The summed E-state index contributed by atoms with van der Waals surface area (Å²) in [7, 11) is -4.26. The molecule has 0 fully saturated rings. The lowest BCUT2D eigenvalue weighted by Crippen LogP contribution is -2.14. The van der Waals surface area contributed by atoms with E-state index in [1.54, 1.807) is 0 Å². The van der Waals surface area contributed by atoms with E-state index in [1.165, 1.54) is 24.3 Å². The van der Waals surface area contributed by atoms with Gasteiger partial charge in [0.25, 0.3) is 15.7 Å². The third kappa shape index (κ3) is 3.26. The van der Waals surface area contributed by atoms with Crippen molar-refractivity contribution in [1.29, 1.82) is 0 Å². The monoisotopic (exact) mass is 312 g/mol. The first-order valence-corrected chi connectivity index (χ1v) is 7.04. The van der Waals surface area contributed by atoms with Crippen LogP contribution < -0.4 is 4.72 Å². The average Bonchev–Trinajstić information content (AvgIpc) is 2.40. The van der Waals surface area contributed by atoms with Gasteiger partial charge in [-0.25, -0.2) is 12.8 Å². The number of halogens is 1. The summed E-state index contributed by atoms with van der Waals surface area (Å²) >= 11 is 0. The van der Waals surface area contributed by atoms with Crippen LogP contribution in [-0.2, 0) is 10.0 Å². The van der Waals surface area contributed by atoms with Gasteiger partial charge in [-0.15, -0.1) is 0 Å². The fourth-order valence-electron chi connectivity index (χ4n) is 1.60. The highest BCUT2D eigenvalue weighted by Crippen LogP contribution is 2.27. The summed E-state index contributed by atoms with van der Waals surface area (Å²) < 4.78 is 39.4. The van der Waals surface area contributed by atoms with E-state index < -0.39 is 31.3 Å². The molecule has 2 aromatic carbocycles. The van der Waals surface area contributed by atoms with Crippen molar-refractivity contribution < 1.29 is 22.8 Å². The Balaban J connectivity index is 2.44. The van der Waals surface area contributed by atoms with Crippen molar-refractivity contribution >= 4 is 21.4 Å². The van der Waals surface area contributed by atoms with Gasteiger partial charge >= 0.3 is 0 Å². The quantitative estimate of drug-likeness (QED) is 0.511. The number of benzene rings is 2. The highest BCUT2D eigenvalue weighted by Gasteiger charge is 2.26. The molecule has 0 aliphatic rings. The lowest BCUT2D eigenvalue weighted by atomic mass is 10.3. The summed E-state index contributed by atoms with van der Waals surface area (Å²) in [6, 6.07) is 7.22. The Morgan fingerprint density at radius 1 is 1.14 bits per heavy atom. The lowest BCUT2D eigenvalue weighted by molar-refractivity contribution is -0.388. The summed E-state index contributed by atoms with van der Waals surface area (Å²) in [5, 5.41) is 19.9. The molecule has 2 aromatic rings. The molecule has 0 amide bonds. The van der Waals surface area contributed by atoms with Crippen LogP contribution in [0.1, 0.15) is 0 Å². The van der Waals surface area contributed by atoms with E-state index in [1.807, 2.05) is 0 Å². The SMILES string of the molecule is O=[N+]([O-])c1cc(F)ccc1S(=O)(=O)Nc1ccc(O)cc1. The summed E-state index contributed by atoms with van der Waals surface area (Å²) in [6.07, 6.45) is 0. The smallest absolute Gasteiger partial charge is 0.292 e. The Morgan fingerprint density at radius 2 is 1.76 bits per heavy atom. The normalized spacial score (nSPS) is 11.1. The highest BCUT2D eigenvalue weighted by atomic mass is 32.2. The number of sulfonamides is 1. The second kappa shape index (κ2) is 5.37. The zero-order valence-electron chi connectivity index (χ0n) is 10.4. The molecule has 0 aliphatic heterocycles.